The highest BCUT2D eigenvalue weighted by atomic mass is 16.1. The molecule has 2 N–H and O–H groups in total. The van der Waals surface area contributed by atoms with Gasteiger partial charge < -0.3 is 10.6 Å². The second-order valence-electron chi connectivity index (χ2n) is 7.84. The number of benzene rings is 2. The van der Waals surface area contributed by atoms with Gasteiger partial charge in [-0.15, -0.1) is 0 Å². The summed E-state index contributed by atoms with van der Waals surface area (Å²) in [6.45, 7) is 0.490. The molecule has 1 aliphatic carbocycles. The highest BCUT2D eigenvalue weighted by Crippen LogP contribution is 2.28. The molecule has 1 fully saturated rings. The van der Waals surface area contributed by atoms with E-state index in [1.807, 2.05) is 65.2 Å². The number of carbonyl (C=O) groups is 1. The Balaban J connectivity index is 1.54. The molecule has 2 aromatic heterocycles. The summed E-state index contributed by atoms with van der Waals surface area (Å²) in [7, 11) is 0. The molecule has 2 heterocycles. The molecular formula is C25H22N6O. The van der Waals surface area contributed by atoms with Gasteiger partial charge in [0.25, 0.3) is 5.91 Å². The largest absolute Gasteiger partial charge is 0.366 e. The Kier molecular flexibility index (Phi) is 5.26. The second kappa shape index (κ2) is 8.52. The number of anilines is 1. The van der Waals surface area contributed by atoms with Crippen molar-refractivity contribution in [3.63, 3.8) is 0 Å². The fraction of sp³-hybridized carbons (Fsp3) is 0.200. The smallest absolute Gasteiger partial charge is 0.251 e. The number of rotatable bonds is 7. The van der Waals surface area contributed by atoms with Crippen LogP contribution in [0.1, 0.15) is 29.6 Å². The third-order valence-electron chi connectivity index (χ3n) is 5.45. The van der Waals surface area contributed by atoms with Crippen LogP contribution in [-0.4, -0.2) is 32.9 Å². The van der Waals surface area contributed by atoms with E-state index in [1.165, 1.54) is 0 Å². The number of hydrogen-bond acceptors (Lipinski definition) is 5. The Hall–Kier alpha value is -4.18. The SMILES string of the molecule is N#CCCNc1nc(-c2ccccc2)cn2c(-c3ccc(C(=O)NC4CC4)cc3)cnc12. The van der Waals surface area contributed by atoms with Crippen molar-refractivity contribution >= 4 is 17.4 Å². The van der Waals surface area contributed by atoms with E-state index in [0.717, 1.165) is 35.4 Å². The second-order valence-corrected chi connectivity index (χ2v) is 7.84. The maximum Gasteiger partial charge on any atom is 0.251 e. The summed E-state index contributed by atoms with van der Waals surface area (Å²) >= 11 is 0. The first-order valence-electron chi connectivity index (χ1n) is 10.7. The van der Waals surface area contributed by atoms with Crippen LogP contribution in [0, 0.1) is 11.3 Å². The average molecular weight is 422 g/mol. The summed E-state index contributed by atoms with van der Waals surface area (Å²) in [6, 6.07) is 20.0. The van der Waals surface area contributed by atoms with Crippen molar-refractivity contribution in [2.75, 3.05) is 11.9 Å². The zero-order valence-electron chi connectivity index (χ0n) is 17.5. The molecule has 0 unspecified atom stereocenters. The summed E-state index contributed by atoms with van der Waals surface area (Å²) < 4.78 is 2.00. The summed E-state index contributed by atoms with van der Waals surface area (Å²) in [5.41, 5.74) is 4.99. The molecule has 7 nitrogen and oxygen atoms in total. The normalized spacial score (nSPS) is 13.0. The number of amides is 1. The van der Waals surface area contributed by atoms with Crippen LogP contribution in [0.15, 0.2) is 67.0 Å². The molecule has 2 aromatic carbocycles. The van der Waals surface area contributed by atoms with Crippen LogP contribution >= 0.6 is 0 Å². The number of imidazole rings is 1. The van der Waals surface area contributed by atoms with Crippen LogP contribution in [0.5, 0.6) is 0 Å². The molecule has 32 heavy (non-hydrogen) atoms. The minimum atomic E-state index is -0.0308. The molecule has 1 saturated carbocycles. The average Bonchev–Trinajstić information content (AvgIpc) is 3.54. The lowest BCUT2D eigenvalue weighted by molar-refractivity contribution is 0.0951. The summed E-state index contributed by atoms with van der Waals surface area (Å²) in [4.78, 5) is 21.7. The summed E-state index contributed by atoms with van der Waals surface area (Å²) in [6.07, 6.45) is 6.28. The number of hydrogen-bond donors (Lipinski definition) is 2. The third kappa shape index (κ3) is 4.03. The maximum absolute atomic E-state index is 12.3. The highest BCUT2D eigenvalue weighted by Gasteiger charge is 2.23. The Morgan fingerprint density at radius 1 is 1.09 bits per heavy atom. The minimum Gasteiger partial charge on any atom is -0.366 e. The standard InChI is InChI=1S/C25H22N6O/c26-13-4-14-27-23-24-28-15-22(31(24)16-21(30-23)17-5-2-1-3-6-17)18-7-9-19(10-8-18)25(32)29-20-11-12-20/h1-3,5-10,15-16,20H,4,11-12,14H2,(H,27,30)(H,29,32). The van der Waals surface area contributed by atoms with Gasteiger partial charge in [-0.25, -0.2) is 9.97 Å². The first kappa shape index (κ1) is 19.8. The van der Waals surface area contributed by atoms with Gasteiger partial charge >= 0.3 is 0 Å². The van der Waals surface area contributed by atoms with E-state index >= 15 is 0 Å². The molecular weight excluding hydrogens is 400 g/mol. The third-order valence-corrected chi connectivity index (χ3v) is 5.45. The van der Waals surface area contributed by atoms with Crippen molar-refractivity contribution in [1.82, 2.24) is 19.7 Å². The zero-order valence-corrected chi connectivity index (χ0v) is 17.5. The fourth-order valence-corrected chi connectivity index (χ4v) is 3.59. The van der Waals surface area contributed by atoms with Gasteiger partial charge in [-0.3, -0.25) is 9.20 Å². The first-order valence-corrected chi connectivity index (χ1v) is 10.7. The van der Waals surface area contributed by atoms with Crippen LogP contribution in [0.4, 0.5) is 5.82 Å². The van der Waals surface area contributed by atoms with Crippen molar-refractivity contribution in [2.24, 2.45) is 0 Å². The van der Waals surface area contributed by atoms with E-state index in [0.29, 0.717) is 36.0 Å². The minimum absolute atomic E-state index is 0.0308. The molecule has 0 atom stereocenters. The molecule has 0 aliphatic heterocycles. The maximum atomic E-state index is 12.3. The highest BCUT2D eigenvalue weighted by molar-refractivity contribution is 5.95. The quantitative estimate of drug-likeness (QED) is 0.434. The van der Waals surface area contributed by atoms with Crippen LogP contribution < -0.4 is 10.6 Å². The lowest BCUT2D eigenvalue weighted by Gasteiger charge is -2.11. The molecule has 5 rings (SSSR count). The topological polar surface area (TPSA) is 95.1 Å². The Morgan fingerprint density at radius 2 is 1.88 bits per heavy atom. The van der Waals surface area contributed by atoms with Crippen molar-refractivity contribution in [1.29, 1.82) is 5.26 Å². The molecule has 7 heteroatoms. The van der Waals surface area contributed by atoms with Gasteiger partial charge in [0.05, 0.1) is 30.1 Å². The van der Waals surface area contributed by atoms with Crippen molar-refractivity contribution < 1.29 is 4.79 Å². The van der Waals surface area contributed by atoms with Crippen LogP contribution in [-0.2, 0) is 0 Å². The molecule has 0 bridgehead atoms. The van der Waals surface area contributed by atoms with Crippen LogP contribution in [0.25, 0.3) is 28.2 Å². The van der Waals surface area contributed by atoms with Crippen molar-refractivity contribution in [3.8, 4) is 28.6 Å². The lowest BCUT2D eigenvalue weighted by atomic mass is 10.1. The monoisotopic (exact) mass is 422 g/mol. The van der Waals surface area contributed by atoms with Gasteiger partial charge in [-0.2, -0.15) is 5.26 Å². The molecule has 158 valence electrons. The lowest BCUT2D eigenvalue weighted by Crippen LogP contribution is -2.25. The summed E-state index contributed by atoms with van der Waals surface area (Å²) in [5, 5.41) is 15.2. The van der Waals surface area contributed by atoms with Crippen LogP contribution in [0.2, 0.25) is 0 Å². The van der Waals surface area contributed by atoms with E-state index in [2.05, 4.69) is 21.7 Å². The van der Waals surface area contributed by atoms with E-state index < -0.39 is 0 Å². The summed E-state index contributed by atoms with van der Waals surface area (Å²) in [5.74, 6) is 0.602. The van der Waals surface area contributed by atoms with Crippen LogP contribution in [0.3, 0.4) is 0 Å². The number of carbonyl (C=O) groups excluding carboxylic acids is 1. The van der Waals surface area contributed by atoms with E-state index in [9.17, 15) is 4.79 Å². The first-order chi connectivity index (χ1) is 15.7. The van der Waals surface area contributed by atoms with E-state index in [1.54, 1.807) is 6.20 Å². The Bertz CT molecular complexity index is 1300. The van der Waals surface area contributed by atoms with Gasteiger partial charge in [0, 0.05) is 35.5 Å². The van der Waals surface area contributed by atoms with E-state index in [4.69, 9.17) is 10.2 Å². The Morgan fingerprint density at radius 3 is 2.59 bits per heavy atom. The van der Waals surface area contributed by atoms with Gasteiger partial charge in [0.2, 0.25) is 0 Å². The number of fused-ring (bicyclic) bond motifs is 1. The number of aromatic nitrogens is 3. The number of nitrogens with one attached hydrogen (secondary N) is 2. The van der Waals surface area contributed by atoms with E-state index in [-0.39, 0.29) is 5.91 Å². The molecule has 1 aliphatic rings. The number of nitrogens with zero attached hydrogens (tertiary/aromatic N) is 4. The number of nitriles is 1. The molecule has 1 amide bonds. The molecule has 0 saturated heterocycles. The zero-order chi connectivity index (χ0) is 21.9. The molecule has 0 spiro atoms. The van der Waals surface area contributed by atoms with Gasteiger partial charge in [0.1, 0.15) is 0 Å². The van der Waals surface area contributed by atoms with Gasteiger partial charge in [0.15, 0.2) is 11.5 Å². The Labute approximate surface area is 185 Å². The molecule has 4 aromatic rings. The predicted molar refractivity (Wildman–Crippen MR) is 123 cm³/mol. The van der Waals surface area contributed by atoms with Crippen molar-refractivity contribution in [2.45, 2.75) is 25.3 Å². The predicted octanol–water partition coefficient (Wildman–Crippen LogP) is 4.28. The van der Waals surface area contributed by atoms with Gasteiger partial charge in [-0.1, -0.05) is 42.5 Å². The van der Waals surface area contributed by atoms with Gasteiger partial charge in [-0.05, 0) is 25.0 Å². The van der Waals surface area contributed by atoms with Crippen molar-refractivity contribution in [3.05, 3.63) is 72.6 Å². The fourth-order valence-electron chi connectivity index (χ4n) is 3.59. The molecule has 0 radical (unpaired) electrons.